The highest BCUT2D eigenvalue weighted by molar-refractivity contribution is 6.48. The van der Waals surface area contributed by atoms with E-state index in [9.17, 15) is 14.9 Å². The Morgan fingerprint density at radius 1 is 1.56 bits per heavy atom. The Hall–Kier alpha value is -0.585. The first-order chi connectivity index (χ1) is 8.38. The molecule has 0 amide bonds. The van der Waals surface area contributed by atoms with Crippen molar-refractivity contribution in [3.8, 4) is 0 Å². The lowest BCUT2D eigenvalue weighted by molar-refractivity contribution is -0.147. The number of carbonyl (C=O) groups is 1. The zero-order valence-electron chi connectivity index (χ0n) is 11.6. The number of hydrogen-bond acceptors (Lipinski definition) is 4. The molecule has 18 heavy (non-hydrogen) atoms. The van der Waals surface area contributed by atoms with Gasteiger partial charge in [0.05, 0.1) is 0 Å². The molecular formula is C12H25BN2O3. The van der Waals surface area contributed by atoms with Crippen LogP contribution < -0.4 is 5.32 Å². The van der Waals surface area contributed by atoms with Crippen molar-refractivity contribution in [1.82, 2.24) is 10.2 Å². The van der Waals surface area contributed by atoms with Crippen LogP contribution in [-0.4, -0.2) is 60.6 Å². The van der Waals surface area contributed by atoms with Crippen LogP contribution in [0.5, 0.6) is 0 Å². The summed E-state index contributed by atoms with van der Waals surface area (Å²) in [6.45, 7) is 2.76. The SMILES string of the molecule is CB(O)CCCC1CCNC1(CN(C)C)C(=O)O. The molecule has 2 unspecified atom stereocenters. The summed E-state index contributed by atoms with van der Waals surface area (Å²) >= 11 is 0. The van der Waals surface area contributed by atoms with Crippen LogP contribution in [0, 0.1) is 5.92 Å². The topological polar surface area (TPSA) is 72.8 Å². The maximum absolute atomic E-state index is 11.6. The molecule has 0 aliphatic carbocycles. The summed E-state index contributed by atoms with van der Waals surface area (Å²) in [6.07, 6.45) is 3.39. The first kappa shape index (κ1) is 15.5. The van der Waals surface area contributed by atoms with Crippen molar-refractivity contribution in [3.05, 3.63) is 0 Å². The standard InChI is InChI=1S/C12H25BN2O3/c1-13(18)7-4-5-10-6-8-14-12(10,11(16)17)9-15(2)3/h10,14,18H,4-9H2,1-3H3,(H,16,17). The minimum atomic E-state index is -0.817. The number of nitrogens with one attached hydrogen (secondary N) is 1. The van der Waals surface area contributed by atoms with Crippen LogP contribution in [0.4, 0.5) is 0 Å². The van der Waals surface area contributed by atoms with E-state index in [0.29, 0.717) is 6.54 Å². The van der Waals surface area contributed by atoms with Crippen molar-refractivity contribution in [2.45, 2.75) is 37.9 Å². The molecular weight excluding hydrogens is 231 g/mol. The van der Waals surface area contributed by atoms with Crippen LogP contribution in [0.15, 0.2) is 0 Å². The summed E-state index contributed by atoms with van der Waals surface area (Å²) < 4.78 is 0. The smallest absolute Gasteiger partial charge is 0.325 e. The Morgan fingerprint density at radius 3 is 2.72 bits per heavy atom. The van der Waals surface area contributed by atoms with Gasteiger partial charge in [-0.1, -0.05) is 13.2 Å². The van der Waals surface area contributed by atoms with Gasteiger partial charge < -0.3 is 20.3 Å². The van der Waals surface area contributed by atoms with Gasteiger partial charge in [-0.3, -0.25) is 4.79 Å². The maximum atomic E-state index is 11.6. The Bertz CT molecular complexity index is 286. The zero-order valence-corrected chi connectivity index (χ0v) is 11.6. The van der Waals surface area contributed by atoms with Crippen LogP contribution in [-0.2, 0) is 4.79 Å². The van der Waals surface area contributed by atoms with Crippen molar-refractivity contribution in [3.63, 3.8) is 0 Å². The first-order valence-electron chi connectivity index (χ1n) is 6.69. The minimum absolute atomic E-state index is 0.149. The molecule has 0 bridgehead atoms. The molecule has 0 aromatic carbocycles. The molecule has 1 aliphatic heterocycles. The zero-order chi connectivity index (χ0) is 13.8. The highest BCUT2D eigenvalue weighted by Crippen LogP contribution is 2.32. The molecule has 0 radical (unpaired) electrons. The maximum Gasteiger partial charge on any atom is 0.325 e. The fraction of sp³-hybridized carbons (Fsp3) is 0.917. The van der Waals surface area contributed by atoms with Crippen molar-refractivity contribution in [2.24, 2.45) is 5.92 Å². The van der Waals surface area contributed by atoms with Crippen molar-refractivity contribution in [1.29, 1.82) is 0 Å². The highest BCUT2D eigenvalue weighted by atomic mass is 16.4. The van der Waals surface area contributed by atoms with E-state index in [-0.39, 0.29) is 12.8 Å². The molecule has 6 heteroatoms. The number of nitrogens with zero attached hydrogens (tertiary/aromatic N) is 1. The average Bonchev–Trinajstić information content (AvgIpc) is 2.61. The van der Waals surface area contributed by atoms with Gasteiger partial charge in [0.1, 0.15) is 5.54 Å². The van der Waals surface area contributed by atoms with Gasteiger partial charge in [0.15, 0.2) is 0 Å². The molecule has 104 valence electrons. The van der Waals surface area contributed by atoms with Gasteiger partial charge in [-0.15, -0.1) is 0 Å². The molecule has 5 nitrogen and oxygen atoms in total. The van der Waals surface area contributed by atoms with E-state index in [1.165, 1.54) is 0 Å². The predicted octanol–water partition coefficient (Wildman–Crippen LogP) is 0.375. The van der Waals surface area contributed by atoms with Crippen LogP contribution in [0.2, 0.25) is 13.1 Å². The quantitative estimate of drug-likeness (QED) is 0.574. The molecule has 1 rings (SSSR count). The molecule has 1 aliphatic rings. The second-order valence-corrected chi connectivity index (χ2v) is 5.71. The van der Waals surface area contributed by atoms with Gasteiger partial charge in [-0.05, 0) is 45.7 Å². The molecule has 2 atom stereocenters. The van der Waals surface area contributed by atoms with Crippen molar-refractivity contribution in [2.75, 3.05) is 27.2 Å². The third-order valence-corrected chi connectivity index (χ3v) is 3.75. The van der Waals surface area contributed by atoms with E-state index in [2.05, 4.69) is 5.32 Å². The van der Waals surface area contributed by atoms with Gasteiger partial charge in [0.25, 0.3) is 6.92 Å². The van der Waals surface area contributed by atoms with Crippen LogP contribution >= 0.6 is 0 Å². The van der Waals surface area contributed by atoms with Crippen LogP contribution in [0.1, 0.15) is 19.3 Å². The van der Waals surface area contributed by atoms with Gasteiger partial charge in [-0.25, -0.2) is 0 Å². The fourth-order valence-electron chi connectivity index (χ4n) is 2.91. The Morgan fingerprint density at radius 2 is 2.22 bits per heavy atom. The van der Waals surface area contributed by atoms with Crippen LogP contribution in [0.25, 0.3) is 0 Å². The van der Waals surface area contributed by atoms with Gasteiger partial charge >= 0.3 is 5.97 Å². The Balaban J connectivity index is 2.66. The van der Waals surface area contributed by atoms with Gasteiger partial charge in [0.2, 0.25) is 0 Å². The Kier molecular flexibility index (Phi) is 5.62. The van der Waals surface area contributed by atoms with E-state index < -0.39 is 11.5 Å². The molecule has 0 spiro atoms. The first-order valence-corrected chi connectivity index (χ1v) is 6.69. The average molecular weight is 256 g/mol. The number of likely N-dealkylation sites (N-methyl/N-ethyl adjacent to an activating group) is 1. The van der Waals surface area contributed by atoms with E-state index in [1.807, 2.05) is 19.0 Å². The lowest BCUT2D eigenvalue weighted by Gasteiger charge is -2.34. The summed E-state index contributed by atoms with van der Waals surface area (Å²) in [6, 6.07) is 0. The van der Waals surface area contributed by atoms with Gasteiger partial charge in [0, 0.05) is 6.54 Å². The van der Waals surface area contributed by atoms with E-state index in [4.69, 9.17) is 0 Å². The highest BCUT2D eigenvalue weighted by Gasteiger charge is 2.48. The summed E-state index contributed by atoms with van der Waals surface area (Å²) in [5.41, 5.74) is -0.817. The normalized spacial score (nSPS) is 27.7. The molecule has 3 N–H and O–H groups in total. The van der Waals surface area contributed by atoms with Crippen molar-refractivity contribution < 1.29 is 14.9 Å². The Labute approximate surface area is 110 Å². The second kappa shape index (κ2) is 6.54. The molecule has 0 aromatic heterocycles. The minimum Gasteiger partial charge on any atom is -0.480 e. The summed E-state index contributed by atoms with van der Waals surface area (Å²) in [7, 11) is 3.80. The molecule has 0 aromatic rings. The van der Waals surface area contributed by atoms with E-state index >= 15 is 0 Å². The molecule has 1 heterocycles. The van der Waals surface area contributed by atoms with Crippen molar-refractivity contribution >= 4 is 12.9 Å². The van der Waals surface area contributed by atoms with E-state index in [0.717, 1.165) is 32.1 Å². The largest absolute Gasteiger partial charge is 0.480 e. The van der Waals surface area contributed by atoms with Gasteiger partial charge in [-0.2, -0.15) is 0 Å². The molecule has 0 saturated carbocycles. The fourth-order valence-corrected chi connectivity index (χ4v) is 2.91. The lowest BCUT2D eigenvalue weighted by atomic mass is 9.66. The molecule has 1 fully saturated rings. The number of rotatable bonds is 7. The monoisotopic (exact) mass is 256 g/mol. The summed E-state index contributed by atoms with van der Waals surface area (Å²) in [4.78, 5) is 13.6. The third-order valence-electron chi connectivity index (χ3n) is 3.75. The predicted molar refractivity (Wildman–Crippen MR) is 72.9 cm³/mol. The number of hydrogen-bond donors (Lipinski definition) is 3. The number of carboxylic acids is 1. The second-order valence-electron chi connectivity index (χ2n) is 5.71. The summed E-state index contributed by atoms with van der Waals surface area (Å²) in [5, 5.41) is 22.0. The summed E-state index contributed by atoms with van der Waals surface area (Å²) in [5.74, 6) is -0.605. The number of aliphatic carboxylic acids is 1. The van der Waals surface area contributed by atoms with E-state index in [1.54, 1.807) is 6.82 Å². The lowest BCUT2D eigenvalue weighted by Crippen LogP contribution is -2.58. The number of carboxylic acid groups (broad SMARTS) is 1. The molecule has 1 saturated heterocycles. The van der Waals surface area contributed by atoms with Crippen LogP contribution in [0.3, 0.4) is 0 Å². The third kappa shape index (κ3) is 3.70.